The van der Waals surface area contributed by atoms with Gasteiger partial charge in [0.15, 0.2) is 5.54 Å². The standard InChI is InChI=1S/C27H25ClN4O3/c28-22-12-7-13-23(18-22)30-14-16-31(17-15-30)24(33)19-32-25(34)27(29-26(32)35,20-8-3-1-4-9-20)21-10-5-2-6-11-21/h1-13,18H,14-17,19H2,(H,29,35). The molecule has 8 heteroatoms. The van der Waals surface area contributed by atoms with Gasteiger partial charge in [0.25, 0.3) is 5.91 Å². The highest BCUT2D eigenvalue weighted by Gasteiger charge is 2.54. The number of anilines is 1. The summed E-state index contributed by atoms with van der Waals surface area (Å²) in [6.45, 7) is 1.98. The highest BCUT2D eigenvalue weighted by atomic mass is 35.5. The van der Waals surface area contributed by atoms with Gasteiger partial charge in [0.2, 0.25) is 5.91 Å². The molecule has 35 heavy (non-hydrogen) atoms. The normalized spacial score (nSPS) is 17.5. The smallest absolute Gasteiger partial charge is 0.326 e. The molecule has 0 radical (unpaired) electrons. The van der Waals surface area contributed by atoms with Gasteiger partial charge in [0.05, 0.1) is 0 Å². The molecule has 0 atom stereocenters. The number of urea groups is 1. The molecule has 3 aromatic carbocycles. The molecular weight excluding hydrogens is 464 g/mol. The number of piperazine rings is 1. The van der Waals surface area contributed by atoms with Crippen LogP contribution in [0, 0.1) is 0 Å². The molecule has 0 bridgehead atoms. The Morgan fingerprint density at radius 2 is 1.43 bits per heavy atom. The van der Waals surface area contributed by atoms with Gasteiger partial charge in [-0.2, -0.15) is 0 Å². The molecule has 0 saturated carbocycles. The third-order valence-electron chi connectivity index (χ3n) is 6.62. The summed E-state index contributed by atoms with van der Waals surface area (Å²) < 4.78 is 0. The van der Waals surface area contributed by atoms with E-state index in [-0.39, 0.29) is 12.5 Å². The number of nitrogens with zero attached hydrogens (tertiary/aromatic N) is 3. The molecular formula is C27H25ClN4O3. The number of rotatable bonds is 5. The van der Waals surface area contributed by atoms with Crippen molar-refractivity contribution in [1.29, 1.82) is 0 Å². The van der Waals surface area contributed by atoms with Gasteiger partial charge in [0.1, 0.15) is 6.54 Å². The van der Waals surface area contributed by atoms with Crippen LogP contribution >= 0.6 is 11.6 Å². The summed E-state index contributed by atoms with van der Waals surface area (Å²) in [5.74, 6) is -0.706. The Morgan fingerprint density at radius 1 is 0.829 bits per heavy atom. The Hall–Kier alpha value is -3.84. The molecule has 2 fully saturated rings. The lowest BCUT2D eigenvalue weighted by molar-refractivity contribution is -0.138. The summed E-state index contributed by atoms with van der Waals surface area (Å²) >= 11 is 6.11. The quantitative estimate of drug-likeness (QED) is 0.558. The van der Waals surface area contributed by atoms with E-state index in [4.69, 9.17) is 11.6 Å². The van der Waals surface area contributed by atoms with Crippen LogP contribution in [0.3, 0.4) is 0 Å². The van der Waals surface area contributed by atoms with Gasteiger partial charge in [-0.25, -0.2) is 4.79 Å². The van der Waals surface area contributed by atoms with Gasteiger partial charge < -0.3 is 15.1 Å². The molecule has 4 amide bonds. The average Bonchev–Trinajstić information content (AvgIpc) is 3.15. The molecule has 178 valence electrons. The first kappa shape index (κ1) is 22.9. The molecule has 2 aliphatic rings. The molecule has 0 aliphatic carbocycles. The summed E-state index contributed by atoms with van der Waals surface area (Å²) in [6.07, 6.45) is 0. The molecule has 0 unspecified atom stereocenters. The van der Waals surface area contributed by atoms with Gasteiger partial charge in [-0.15, -0.1) is 0 Å². The summed E-state index contributed by atoms with van der Waals surface area (Å²) in [6, 6.07) is 25.3. The summed E-state index contributed by atoms with van der Waals surface area (Å²) in [5, 5.41) is 3.55. The number of carbonyl (C=O) groups excluding carboxylic acids is 3. The SMILES string of the molecule is O=C(CN1C(=O)NC(c2ccccc2)(c2ccccc2)C1=O)N1CCN(c2cccc(Cl)c2)CC1. The first-order valence-corrected chi connectivity index (χ1v) is 11.9. The van der Waals surface area contributed by atoms with E-state index in [1.54, 1.807) is 4.90 Å². The summed E-state index contributed by atoms with van der Waals surface area (Å²) in [7, 11) is 0. The predicted molar refractivity (Wildman–Crippen MR) is 134 cm³/mol. The minimum atomic E-state index is -1.37. The van der Waals surface area contributed by atoms with Crippen LogP contribution in [0.25, 0.3) is 0 Å². The van der Waals surface area contributed by atoms with Crippen LogP contribution < -0.4 is 10.2 Å². The van der Waals surface area contributed by atoms with Crippen LogP contribution in [-0.2, 0) is 15.1 Å². The molecule has 2 saturated heterocycles. The van der Waals surface area contributed by atoms with E-state index in [1.165, 1.54) is 0 Å². The first-order valence-electron chi connectivity index (χ1n) is 11.5. The van der Waals surface area contributed by atoms with Gasteiger partial charge >= 0.3 is 6.03 Å². The average molecular weight is 489 g/mol. The van der Waals surface area contributed by atoms with Crippen molar-refractivity contribution >= 4 is 35.1 Å². The zero-order valence-electron chi connectivity index (χ0n) is 19.1. The lowest BCUT2D eigenvalue weighted by Crippen LogP contribution is -2.52. The lowest BCUT2D eigenvalue weighted by atomic mass is 9.82. The zero-order chi connectivity index (χ0) is 24.4. The maximum absolute atomic E-state index is 13.8. The maximum atomic E-state index is 13.8. The fourth-order valence-electron chi connectivity index (χ4n) is 4.78. The molecule has 5 rings (SSSR count). The Kier molecular flexibility index (Phi) is 6.17. The number of nitrogens with one attached hydrogen (secondary N) is 1. The van der Waals surface area contributed by atoms with E-state index in [2.05, 4.69) is 10.2 Å². The Labute approximate surface area is 208 Å². The van der Waals surface area contributed by atoms with Gasteiger partial charge in [-0.1, -0.05) is 78.3 Å². The minimum absolute atomic E-state index is 0.254. The van der Waals surface area contributed by atoms with Crippen molar-refractivity contribution < 1.29 is 14.4 Å². The highest BCUT2D eigenvalue weighted by Crippen LogP contribution is 2.36. The number of carbonyl (C=O) groups is 3. The van der Waals surface area contributed by atoms with Crippen molar-refractivity contribution in [2.45, 2.75) is 5.54 Å². The van der Waals surface area contributed by atoms with Crippen molar-refractivity contribution in [3.63, 3.8) is 0 Å². The second-order valence-corrected chi connectivity index (χ2v) is 9.09. The number of halogens is 1. The molecule has 0 spiro atoms. The van der Waals surface area contributed by atoms with Gasteiger partial charge in [-0.05, 0) is 29.3 Å². The second-order valence-electron chi connectivity index (χ2n) is 8.65. The van der Waals surface area contributed by atoms with Gasteiger partial charge in [0, 0.05) is 36.9 Å². The lowest BCUT2D eigenvalue weighted by Gasteiger charge is -2.36. The van der Waals surface area contributed by atoms with Crippen LogP contribution in [0.2, 0.25) is 5.02 Å². The Bertz CT molecular complexity index is 1200. The molecule has 3 aromatic rings. The van der Waals surface area contributed by atoms with E-state index in [9.17, 15) is 14.4 Å². The summed E-state index contributed by atoms with van der Waals surface area (Å²) in [5.41, 5.74) is 0.934. The summed E-state index contributed by atoms with van der Waals surface area (Å²) in [4.78, 5) is 44.9. The van der Waals surface area contributed by atoms with E-state index in [0.717, 1.165) is 10.6 Å². The molecule has 2 heterocycles. The molecule has 2 aliphatic heterocycles. The van der Waals surface area contributed by atoms with Crippen LogP contribution in [0.1, 0.15) is 11.1 Å². The largest absolute Gasteiger partial charge is 0.368 e. The third kappa shape index (κ3) is 4.23. The topological polar surface area (TPSA) is 73.0 Å². The number of hydrogen-bond donors (Lipinski definition) is 1. The Morgan fingerprint density at radius 3 is 2.00 bits per heavy atom. The predicted octanol–water partition coefficient (Wildman–Crippen LogP) is 3.48. The first-order chi connectivity index (χ1) is 17.0. The number of imide groups is 1. The van der Waals surface area contributed by atoms with Crippen molar-refractivity contribution in [2.75, 3.05) is 37.6 Å². The number of hydrogen-bond acceptors (Lipinski definition) is 4. The van der Waals surface area contributed by atoms with Crippen LogP contribution in [0.5, 0.6) is 0 Å². The van der Waals surface area contributed by atoms with Crippen LogP contribution in [0.4, 0.5) is 10.5 Å². The third-order valence-corrected chi connectivity index (χ3v) is 6.85. The monoisotopic (exact) mass is 488 g/mol. The molecule has 0 aromatic heterocycles. The van der Waals surface area contributed by atoms with Gasteiger partial charge in [-0.3, -0.25) is 14.5 Å². The molecule has 1 N–H and O–H groups in total. The zero-order valence-corrected chi connectivity index (χ0v) is 19.8. The minimum Gasteiger partial charge on any atom is -0.368 e. The maximum Gasteiger partial charge on any atom is 0.326 e. The van der Waals surface area contributed by atoms with Crippen molar-refractivity contribution in [3.05, 3.63) is 101 Å². The number of benzene rings is 3. The van der Waals surface area contributed by atoms with Crippen LogP contribution in [0.15, 0.2) is 84.9 Å². The van der Waals surface area contributed by atoms with E-state index in [0.29, 0.717) is 42.3 Å². The fourth-order valence-corrected chi connectivity index (χ4v) is 4.96. The second kappa shape index (κ2) is 9.43. The van der Waals surface area contributed by atoms with Crippen molar-refractivity contribution in [3.8, 4) is 0 Å². The van der Waals surface area contributed by atoms with E-state index >= 15 is 0 Å². The highest BCUT2D eigenvalue weighted by molar-refractivity contribution is 6.30. The fraction of sp³-hybridized carbons (Fsp3) is 0.222. The number of amides is 4. The Balaban J connectivity index is 1.32. The molecule has 7 nitrogen and oxygen atoms in total. The van der Waals surface area contributed by atoms with E-state index in [1.807, 2.05) is 84.9 Å². The van der Waals surface area contributed by atoms with E-state index < -0.39 is 17.5 Å². The van der Waals surface area contributed by atoms with Crippen molar-refractivity contribution in [2.24, 2.45) is 0 Å². The van der Waals surface area contributed by atoms with Crippen LogP contribution in [-0.4, -0.2) is 60.4 Å². The van der Waals surface area contributed by atoms with Crippen molar-refractivity contribution in [1.82, 2.24) is 15.1 Å².